The van der Waals surface area contributed by atoms with Crippen molar-refractivity contribution in [3.8, 4) is 0 Å². The summed E-state index contributed by atoms with van der Waals surface area (Å²) in [6.07, 6.45) is 6.25. The highest BCUT2D eigenvalue weighted by Crippen LogP contribution is 2.49. The first kappa shape index (κ1) is 6.59. The first-order chi connectivity index (χ1) is 3.83. The van der Waals surface area contributed by atoms with Crippen molar-refractivity contribution in [1.82, 2.24) is 0 Å². The van der Waals surface area contributed by atoms with Gasteiger partial charge in [0.2, 0.25) is 0 Å². The van der Waals surface area contributed by atoms with E-state index in [9.17, 15) is 0 Å². The Labute approximate surface area is 64.5 Å². The van der Waals surface area contributed by atoms with Gasteiger partial charge in [-0.2, -0.15) is 0 Å². The van der Waals surface area contributed by atoms with Gasteiger partial charge < -0.3 is 0 Å². The largest absolute Gasteiger partial charge is 0.103 e. The molecule has 0 heterocycles. The molecule has 1 fully saturated rings. The molecule has 0 nitrogen and oxygen atoms in total. The summed E-state index contributed by atoms with van der Waals surface area (Å²) in [5.41, 5.74) is 0.598. The maximum absolute atomic E-state index is 3.81. The molecule has 0 unspecified atom stereocenters. The van der Waals surface area contributed by atoms with Crippen LogP contribution in [0.1, 0.15) is 19.3 Å². The van der Waals surface area contributed by atoms with Gasteiger partial charge in [0.1, 0.15) is 0 Å². The lowest BCUT2D eigenvalue weighted by atomic mass is 10.1. The van der Waals surface area contributed by atoms with Crippen LogP contribution in [-0.2, 0) is 0 Å². The lowest BCUT2D eigenvalue weighted by molar-refractivity contribution is 0.639. The van der Waals surface area contributed by atoms with Gasteiger partial charge in [0.15, 0.2) is 0 Å². The van der Waals surface area contributed by atoms with E-state index in [0.717, 1.165) is 0 Å². The number of rotatable bonds is 3. The Hall–Kier alpha value is 0.470. The zero-order valence-corrected chi connectivity index (χ0v) is 7.15. The normalized spacial score (nSPS) is 22.6. The zero-order valence-electron chi connectivity index (χ0n) is 4.99. The van der Waals surface area contributed by atoms with Crippen LogP contribution >= 0.6 is 22.6 Å². The summed E-state index contributed by atoms with van der Waals surface area (Å²) in [7, 11) is 0. The smallest absolute Gasteiger partial charge is 0.000354 e. The van der Waals surface area contributed by atoms with Gasteiger partial charge in [-0.15, -0.1) is 6.58 Å². The van der Waals surface area contributed by atoms with Crippen molar-refractivity contribution in [3.05, 3.63) is 12.7 Å². The minimum Gasteiger partial charge on any atom is -0.103 e. The number of halogens is 1. The van der Waals surface area contributed by atoms with Crippen molar-refractivity contribution in [2.45, 2.75) is 19.3 Å². The van der Waals surface area contributed by atoms with Gasteiger partial charge in [-0.05, 0) is 24.7 Å². The molecule has 0 aromatic carbocycles. The monoisotopic (exact) mass is 222 g/mol. The van der Waals surface area contributed by atoms with E-state index >= 15 is 0 Å². The Kier molecular flexibility index (Phi) is 1.96. The molecule has 0 aromatic rings. The van der Waals surface area contributed by atoms with E-state index in [1.165, 1.54) is 23.7 Å². The summed E-state index contributed by atoms with van der Waals surface area (Å²) < 4.78 is 1.28. The molecule has 0 spiro atoms. The predicted molar refractivity (Wildman–Crippen MR) is 45.4 cm³/mol. The molecule has 8 heavy (non-hydrogen) atoms. The summed E-state index contributed by atoms with van der Waals surface area (Å²) in [4.78, 5) is 0. The van der Waals surface area contributed by atoms with Gasteiger partial charge in [0.25, 0.3) is 0 Å². The maximum Gasteiger partial charge on any atom is 0.000354 e. The lowest BCUT2D eigenvalue weighted by Crippen LogP contribution is -1.93. The minimum absolute atomic E-state index is 0.598. The van der Waals surface area contributed by atoms with Crippen LogP contribution in [0.3, 0.4) is 0 Å². The van der Waals surface area contributed by atoms with E-state index in [1.54, 1.807) is 0 Å². The van der Waals surface area contributed by atoms with Gasteiger partial charge in [-0.1, -0.05) is 28.7 Å². The van der Waals surface area contributed by atoms with Crippen LogP contribution in [0.15, 0.2) is 12.7 Å². The Morgan fingerprint density at radius 1 is 1.62 bits per heavy atom. The fourth-order valence-electron chi connectivity index (χ4n) is 0.905. The Balaban J connectivity index is 2.30. The molecule has 46 valence electrons. The molecule has 0 bridgehead atoms. The van der Waals surface area contributed by atoms with E-state index in [2.05, 4.69) is 35.2 Å². The fourth-order valence-corrected chi connectivity index (χ4v) is 1.98. The summed E-state index contributed by atoms with van der Waals surface area (Å²) in [5, 5.41) is 0. The van der Waals surface area contributed by atoms with E-state index in [-0.39, 0.29) is 0 Å². The van der Waals surface area contributed by atoms with Crippen LogP contribution < -0.4 is 0 Å². The summed E-state index contributed by atoms with van der Waals surface area (Å²) in [6, 6.07) is 0. The standard InChI is InChI=1S/C7H11I/c1-2-7(3-4-7)5-6-8/h2H,1,3-6H2. The second-order valence-corrected chi connectivity index (χ2v) is 3.58. The average molecular weight is 222 g/mol. The van der Waals surface area contributed by atoms with Crippen LogP contribution in [0.2, 0.25) is 0 Å². The summed E-state index contributed by atoms with van der Waals surface area (Å²) in [6.45, 7) is 3.81. The number of hydrogen-bond acceptors (Lipinski definition) is 0. The van der Waals surface area contributed by atoms with Gasteiger partial charge in [0, 0.05) is 4.43 Å². The third kappa shape index (κ3) is 1.24. The second-order valence-electron chi connectivity index (χ2n) is 2.51. The average Bonchev–Trinajstić information content (AvgIpc) is 2.50. The van der Waals surface area contributed by atoms with Crippen LogP contribution in [0, 0.1) is 5.41 Å². The van der Waals surface area contributed by atoms with E-state index in [0.29, 0.717) is 5.41 Å². The first-order valence-electron chi connectivity index (χ1n) is 3.02. The highest BCUT2D eigenvalue weighted by Gasteiger charge is 2.37. The van der Waals surface area contributed by atoms with Gasteiger partial charge >= 0.3 is 0 Å². The van der Waals surface area contributed by atoms with Gasteiger partial charge in [-0.25, -0.2) is 0 Å². The van der Waals surface area contributed by atoms with Crippen molar-refractivity contribution in [2.75, 3.05) is 4.43 Å². The highest BCUT2D eigenvalue weighted by molar-refractivity contribution is 14.1. The molecule has 0 aliphatic heterocycles. The van der Waals surface area contributed by atoms with Crippen molar-refractivity contribution < 1.29 is 0 Å². The van der Waals surface area contributed by atoms with Crippen molar-refractivity contribution >= 4 is 22.6 Å². The van der Waals surface area contributed by atoms with Gasteiger partial charge in [-0.3, -0.25) is 0 Å². The molecule has 0 N–H and O–H groups in total. The first-order valence-corrected chi connectivity index (χ1v) is 4.55. The molecule has 1 aliphatic carbocycles. The van der Waals surface area contributed by atoms with E-state index in [4.69, 9.17) is 0 Å². The number of alkyl halides is 1. The van der Waals surface area contributed by atoms with Crippen molar-refractivity contribution in [2.24, 2.45) is 5.41 Å². The summed E-state index contributed by atoms with van der Waals surface area (Å²) in [5.74, 6) is 0. The summed E-state index contributed by atoms with van der Waals surface area (Å²) >= 11 is 2.43. The molecule has 1 rings (SSSR count). The molecule has 1 aliphatic rings. The predicted octanol–water partition coefficient (Wildman–Crippen LogP) is 2.78. The Morgan fingerprint density at radius 2 is 2.25 bits per heavy atom. The van der Waals surface area contributed by atoms with Crippen LogP contribution in [-0.4, -0.2) is 4.43 Å². The van der Waals surface area contributed by atoms with E-state index in [1.807, 2.05) is 0 Å². The van der Waals surface area contributed by atoms with Gasteiger partial charge in [0.05, 0.1) is 0 Å². The third-order valence-electron chi connectivity index (χ3n) is 1.92. The lowest BCUT2D eigenvalue weighted by Gasteiger charge is -2.03. The molecule has 0 saturated heterocycles. The molecule has 0 atom stereocenters. The maximum atomic E-state index is 3.81. The Morgan fingerprint density at radius 3 is 2.38 bits per heavy atom. The number of hydrogen-bond donors (Lipinski definition) is 0. The van der Waals surface area contributed by atoms with Crippen molar-refractivity contribution in [1.29, 1.82) is 0 Å². The zero-order chi connectivity index (χ0) is 6.04. The third-order valence-corrected chi connectivity index (χ3v) is 2.46. The minimum atomic E-state index is 0.598. The topological polar surface area (TPSA) is 0 Å². The fraction of sp³-hybridized carbons (Fsp3) is 0.714. The molecule has 0 aromatic heterocycles. The van der Waals surface area contributed by atoms with E-state index < -0.39 is 0 Å². The van der Waals surface area contributed by atoms with Crippen molar-refractivity contribution in [3.63, 3.8) is 0 Å². The molecule has 0 radical (unpaired) electrons. The second kappa shape index (κ2) is 2.38. The van der Waals surface area contributed by atoms with Crippen LogP contribution in [0.25, 0.3) is 0 Å². The molecular formula is C7H11I. The SMILES string of the molecule is C=CC1(CCI)CC1. The van der Waals surface area contributed by atoms with Crippen LogP contribution in [0.5, 0.6) is 0 Å². The molecular weight excluding hydrogens is 211 g/mol. The quantitative estimate of drug-likeness (QED) is 0.391. The Bertz CT molecular complexity index is 92.6. The molecule has 0 amide bonds. The molecule has 1 heteroatoms. The molecule has 1 saturated carbocycles. The number of allylic oxidation sites excluding steroid dienone is 1. The highest BCUT2D eigenvalue weighted by atomic mass is 127. The van der Waals surface area contributed by atoms with Crippen LogP contribution in [0.4, 0.5) is 0 Å².